The molecule has 0 aromatic heterocycles. The van der Waals surface area contributed by atoms with Crippen LogP contribution in [0.15, 0.2) is 23.8 Å². The maximum absolute atomic E-state index is 10.5. The van der Waals surface area contributed by atoms with Gasteiger partial charge < -0.3 is 20.4 Å². The van der Waals surface area contributed by atoms with Gasteiger partial charge in [-0.15, -0.1) is 0 Å². The van der Waals surface area contributed by atoms with Crippen molar-refractivity contribution in [2.45, 2.75) is 83.3 Å². The van der Waals surface area contributed by atoms with Gasteiger partial charge in [-0.3, -0.25) is 0 Å². The highest BCUT2D eigenvalue weighted by molar-refractivity contribution is 5.21. The number of hydrogen-bond donors (Lipinski definition) is 3. The molecule has 3 N–H and O–H groups in total. The number of nitrogens with zero attached hydrogens (tertiary/aromatic N) is 1. The van der Waals surface area contributed by atoms with E-state index < -0.39 is 5.60 Å². The molecule has 4 heteroatoms. The Morgan fingerprint density at radius 3 is 2.83 bits per heavy atom. The predicted molar refractivity (Wildman–Crippen MR) is 121 cm³/mol. The van der Waals surface area contributed by atoms with E-state index in [1.807, 2.05) is 6.92 Å². The molecule has 2 fully saturated rings. The van der Waals surface area contributed by atoms with Crippen molar-refractivity contribution in [1.29, 1.82) is 0 Å². The third-order valence-corrected chi connectivity index (χ3v) is 7.31. The second kappa shape index (κ2) is 11.1. The van der Waals surface area contributed by atoms with Crippen molar-refractivity contribution >= 4 is 0 Å². The van der Waals surface area contributed by atoms with Crippen LogP contribution in [-0.2, 0) is 0 Å². The molecular formula is C25H44N2O2. The largest absolute Gasteiger partial charge is 0.392 e. The molecule has 3 aliphatic rings. The Bertz CT molecular complexity index is 551. The van der Waals surface area contributed by atoms with Crippen LogP contribution in [0.4, 0.5) is 0 Å². The Balaban J connectivity index is 1.37. The van der Waals surface area contributed by atoms with E-state index in [1.165, 1.54) is 44.5 Å². The van der Waals surface area contributed by atoms with Crippen LogP contribution in [0.2, 0.25) is 0 Å². The van der Waals surface area contributed by atoms with Crippen molar-refractivity contribution in [2.75, 3.05) is 32.7 Å². The lowest BCUT2D eigenvalue weighted by atomic mass is 9.88. The number of fused-ring (bicyclic) bond motifs is 1. The van der Waals surface area contributed by atoms with Crippen LogP contribution >= 0.6 is 0 Å². The van der Waals surface area contributed by atoms with E-state index in [9.17, 15) is 10.2 Å². The van der Waals surface area contributed by atoms with E-state index >= 15 is 0 Å². The predicted octanol–water partition coefficient (Wildman–Crippen LogP) is 3.89. The molecule has 3 rings (SSSR count). The third kappa shape index (κ3) is 6.92. The fourth-order valence-electron chi connectivity index (χ4n) is 5.56. The lowest BCUT2D eigenvalue weighted by Crippen LogP contribution is -2.26. The number of allylic oxidation sites excluding steroid dienone is 1. The van der Waals surface area contributed by atoms with Crippen LogP contribution in [0.5, 0.6) is 0 Å². The molecule has 2 aliphatic carbocycles. The lowest BCUT2D eigenvalue weighted by Gasteiger charge is -2.22. The summed E-state index contributed by atoms with van der Waals surface area (Å²) in [5.74, 6) is 1.32. The summed E-state index contributed by atoms with van der Waals surface area (Å²) in [6.07, 6.45) is 16.3. The van der Waals surface area contributed by atoms with Crippen molar-refractivity contribution < 1.29 is 10.2 Å². The number of rotatable bonds is 12. The zero-order valence-corrected chi connectivity index (χ0v) is 18.8. The van der Waals surface area contributed by atoms with E-state index in [-0.39, 0.29) is 12.0 Å². The van der Waals surface area contributed by atoms with Gasteiger partial charge >= 0.3 is 0 Å². The minimum Gasteiger partial charge on any atom is -0.392 e. The van der Waals surface area contributed by atoms with Crippen LogP contribution in [0.1, 0.15) is 71.6 Å². The van der Waals surface area contributed by atoms with Crippen molar-refractivity contribution in [3.8, 4) is 0 Å². The molecule has 0 bridgehead atoms. The minimum atomic E-state index is -0.618. The van der Waals surface area contributed by atoms with E-state index in [0.29, 0.717) is 18.3 Å². The summed E-state index contributed by atoms with van der Waals surface area (Å²) >= 11 is 0. The highest BCUT2D eigenvalue weighted by Gasteiger charge is 2.43. The molecule has 0 aromatic rings. The molecule has 0 unspecified atom stereocenters. The quantitative estimate of drug-likeness (QED) is 0.341. The zero-order chi connectivity index (χ0) is 20.7. The molecule has 0 radical (unpaired) electrons. The summed E-state index contributed by atoms with van der Waals surface area (Å²) in [6.45, 7) is 10.0. The average molecular weight is 405 g/mol. The molecule has 1 heterocycles. The molecule has 1 saturated heterocycles. The molecule has 0 spiro atoms. The number of aliphatic hydroxyl groups excluding tert-OH is 1. The zero-order valence-electron chi connectivity index (χ0n) is 18.8. The van der Waals surface area contributed by atoms with Gasteiger partial charge in [-0.25, -0.2) is 0 Å². The summed E-state index contributed by atoms with van der Waals surface area (Å²) in [5.41, 5.74) is 0.912. The van der Waals surface area contributed by atoms with Gasteiger partial charge in [0.15, 0.2) is 0 Å². The van der Waals surface area contributed by atoms with Crippen molar-refractivity contribution in [3.63, 3.8) is 0 Å². The van der Waals surface area contributed by atoms with Gasteiger partial charge in [0, 0.05) is 12.5 Å². The Morgan fingerprint density at radius 2 is 2.07 bits per heavy atom. The normalized spacial score (nSPS) is 32.1. The van der Waals surface area contributed by atoms with Crippen LogP contribution in [-0.4, -0.2) is 59.5 Å². The molecular weight excluding hydrogens is 360 g/mol. The van der Waals surface area contributed by atoms with Gasteiger partial charge in [0.05, 0.1) is 11.7 Å². The first kappa shape index (κ1) is 23.0. The molecule has 166 valence electrons. The van der Waals surface area contributed by atoms with Crippen molar-refractivity contribution in [1.82, 2.24) is 10.2 Å². The summed E-state index contributed by atoms with van der Waals surface area (Å²) in [7, 11) is 0. The fraction of sp³-hybridized carbons (Fsp3) is 0.840. The maximum atomic E-state index is 10.5. The number of hydrogen-bond acceptors (Lipinski definition) is 4. The van der Waals surface area contributed by atoms with Crippen molar-refractivity contribution in [2.24, 2.45) is 17.8 Å². The van der Waals surface area contributed by atoms with E-state index in [0.717, 1.165) is 45.2 Å². The summed E-state index contributed by atoms with van der Waals surface area (Å²) < 4.78 is 0. The van der Waals surface area contributed by atoms with Crippen LogP contribution < -0.4 is 5.32 Å². The average Bonchev–Trinajstić information content (AvgIpc) is 3.38. The minimum absolute atomic E-state index is 0.229. The monoisotopic (exact) mass is 404 g/mol. The molecule has 0 aromatic carbocycles. The first-order valence-corrected chi connectivity index (χ1v) is 12.2. The SMILES string of the molecule is CCCC[C@](C)(O)CC=C[C@@H]1[C@H]2CC(CNCCCN3CCCC3)=C[C@H]2C[C@H]1O. The second-order valence-electron chi connectivity index (χ2n) is 10.0. The van der Waals surface area contributed by atoms with Crippen LogP contribution in [0.25, 0.3) is 0 Å². The first-order chi connectivity index (χ1) is 14.0. The maximum Gasteiger partial charge on any atom is 0.0654 e. The van der Waals surface area contributed by atoms with Gasteiger partial charge in [-0.1, -0.05) is 43.6 Å². The molecule has 1 saturated carbocycles. The Labute approximate surface area is 178 Å². The number of nitrogens with one attached hydrogen (secondary N) is 1. The Hall–Kier alpha value is -0.680. The first-order valence-electron chi connectivity index (χ1n) is 12.2. The third-order valence-electron chi connectivity index (χ3n) is 7.31. The molecule has 1 aliphatic heterocycles. The van der Waals surface area contributed by atoms with Gasteiger partial charge in [0.25, 0.3) is 0 Å². The second-order valence-corrected chi connectivity index (χ2v) is 10.0. The van der Waals surface area contributed by atoms with Crippen LogP contribution in [0.3, 0.4) is 0 Å². The van der Waals surface area contributed by atoms with E-state index in [1.54, 1.807) is 0 Å². The standard InChI is InChI=1S/C25H44N2O2/c1-3-4-10-25(2,29)11-7-9-22-23-17-20(16-21(23)18-24(22)28)19-26-12-8-15-27-13-5-6-14-27/h7,9,16,21-24,26,28-29H,3-6,8,10-15,17-19H2,1-2H3/t21-,22+,23-,24+,25-/m0/s1. The van der Waals surface area contributed by atoms with E-state index in [4.69, 9.17) is 0 Å². The molecule has 4 nitrogen and oxygen atoms in total. The van der Waals surface area contributed by atoms with Crippen molar-refractivity contribution in [3.05, 3.63) is 23.8 Å². The molecule has 5 atom stereocenters. The summed E-state index contributed by atoms with van der Waals surface area (Å²) in [5, 5.41) is 24.7. The van der Waals surface area contributed by atoms with E-state index in [2.05, 4.69) is 35.4 Å². The van der Waals surface area contributed by atoms with Gasteiger partial charge in [-0.2, -0.15) is 0 Å². The number of unbranched alkanes of at least 4 members (excludes halogenated alkanes) is 1. The number of likely N-dealkylation sites (tertiary alicyclic amines) is 1. The topological polar surface area (TPSA) is 55.7 Å². The fourth-order valence-corrected chi connectivity index (χ4v) is 5.56. The van der Waals surface area contributed by atoms with Gasteiger partial charge in [0.1, 0.15) is 0 Å². The Kier molecular flexibility index (Phi) is 8.79. The van der Waals surface area contributed by atoms with Gasteiger partial charge in [-0.05, 0) is 89.9 Å². The summed E-state index contributed by atoms with van der Waals surface area (Å²) in [4.78, 5) is 2.58. The summed E-state index contributed by atoms with van der Waals surface area (Å²) in [6, 6.07) is 0. The van der Waals surface area contributed by atoms with Gasteiger partial charge in [0.2, 0.25) is 0 Å². The number of aliphatic hydroxyl groups is 2. The molecule has 0 amide bonds. The molecule has 29 heavy (non-hydrogen) atoms. The Morgan fingerprint density at radius 1 is 1.28 bits per heavy atom. The highest BCUT2D eigenvalue weighted by atomic mass is 16.3. The van der Waals surface area contributed by atoms with Crippen LogP contribution in [0, 0.1) is 17.8 Å². The lowest BCUT2D eigenvalue weighted by molar-refractivity contribution is 0.0513. The smallest absolute Gasteiger partial charge is 0.0654 e. The highest BCUT2D eigenvalue weighted by Crippen LogP contribution is 2.47.